The second-order valence-electron chi connectivity index (χ2n) is 4.70. The van der Waals surface area contributed by atoms with Crippen molar-refractivity contribution >= 4 is 68.8 Å². The van der Waals surface area contributed by atoms with E-state index in [1.165, 1.54) is 0 Å². The number of thiazole rings is 1. The Balaban J connectivity index is 0.00000264. The van der Waals surface area contributed by atoms with Gasteiger partial charge < -0.3 is 10.6 Å². The number of rotatable bonds is 5. The van der Waals surface area contributed by atoms with Gasteiger partial charge in [-0.2, -0.15) is 0 Å². The molecule has 0 aliphatic carbocycles. The van der Waals surface area contributed by atoms with Crippen molar-refractivity contribution in [3.63, 3.8) is 0 Å². The van der Waals surface area contributed by atoms with Crippen molar-refractivity contribution < 1.29 is 0 Å². The molecule has 0 radical (unpaired) electrons. The number of aryl methyl sites for hydroxylation is 1. The van der Waals surface area contributed by atoms with E-state index in [9.17, 15) is 0 Å². The van der Waals surface area contributed by atoms with Crippen LogP contribution in [0.2, 0.25) is 5.02 Å². The lowest BCUT2D eigenvalue weighted by Crippen LogP contribution is -2.37. The fraction of sp³-hybridized carbons (Fsp3) is 0.333. The molecule has 1 aromatic carbocycles. The third kappa shape index (κ3) is 6.94. The maximum absolute atomic E-state index is 6.21. The molecule has 0 atom stereocenters. The van der Waals surface area contributed by atoms with Crippen molar-refractivity contribution in [1.82, 2.24) is 15.6 Å². The second kappa shape index (κ2) is 10.5. The first kappa shape index (κ1) is 20.7. The van der Waals surface area contributed by atoms with Crippen LogP contribution >= 0.6 is 62.8 Å². The van der Waals surface area contributed by atoms with Gasteiger partial charge in [-0.05, 0) is 24.6 Å². The first-order valence-electron chi connectivity index (χ1n) is 6.88. The quantitative estimate of drug-likeness (QED) is 0.343. The number of guanidine groups is 1. The Morgan fingerprint density at radius 1 is 1.39 bits per heavy atom. The van der Waals surface area contributed by atoms with Crippen LogP contribution in [0.1, 0.15) is 16.3 Å². The average Bonchev–Trinajstić information content (AvgIpc) is 2.89. The van der Waals surface area contributed by atoms with Gasteiger partial charge in [-0.3, -0.25) is 4.99 Å². The fourth-order valence-electron chi connectivity index (χ4n) is 1.90. The first-order chi connectivity index (χ1) is 10.6. The van der Waals surface area contributed by atoms with E-state index in [2.05, 4.69) is 41.9 Å². The van der Waals surface area contributed by atoms with E-state index in [-0.39, 0.29) is 24.0 Å². The molecule has 0 amide bonds. The Morgan fingerprint density at radius 3 is 2.78 bits per heavy atom. The van der Waals surface area contributed by atoms with Gasteiger partial charge in [0.05, 0.1) is 10.7 Å². The van der Waals surface area contributed by atoms with Gasteiger partial charge >= 0.3 is 0 Å². The molecule has 23 heavy (non-hydrogen) atoms. The Morgan fingerprint density at radius 2 is 2.17 bits per heavy atom. The van der Waals surface area contributed by atoms with Crippen molar-refractivity contribution in [2.75, 3.05) is 13.6 Å². The van der Waals surface area contributed by atoms with E-state index < -0.39 is 0 Å². The SMILES string of the molecule is CN=C(NCCc1csc(C)n1)NCc1ccc(Br)cc1Cl.I. The van der Waals surface area contributed by atoms with Crippen LogP contribution in [0.15, 0.2) is 33.0 Å². The van der Waals surface area contributed by atoms with Crippen molar-refractivity contribution in [3.8, 4) is 0 Å². The lowest BCUT2D eigenvalue weighted by Gasteiger charge is -2.12. The molecule has 8 heteroatoms. The first-order valence-corrected chi connectivity index (χ1v) is 8.93. The Hall–Kier alpha value is -0.380. The van der Waals surface area contributed by atoms with Gasteiger partial charge in [0.15, 0.2) is 5.96 Å². The lowest BCUT2D eigenvalue weighted by molar-refractivity contribution is 0.786. The highest BCUT2D eigenvalue weighted by molar-refractivity contribution is 14.0. The van der Waals surface area contributed by atoms with E-state index in [0.29, 0.717) is 6.54 Å². The van der Waals surface area contributed by atoms with Gasteiger partial charge in [-0.1, -0.05) is 33.6 Å². The largest absolute Gasteiger partial charge is 0.356 e. The summed E-state index contributed by atoms with van der Waals surface area (Å²) in [6, 6.07) is 5.85. The lowest BCUT2D eigenvalue weighted by atomic mass is 10.2. The van der Waals surface area contributed by atoms with E-state index in [1.807, 2.05) is 25.1 Å². The van der Waals surface area contributed by atoms with Gasteiger partial charge in [0.25, 0.3) is 0 Å². The summed E-state index contributed by atoms with van der Waals surface area (Å²) in [6.45, 7) is 3.43. The molecule has 2 aromatic rings. The molecule has 0 spiro atoms. The number of halogens is 3. The zero-order valence-corrected chi connectivity index (χ0v) is 18.4. The molecule has 0 unspecified atom stereocenters. The Kier molecular flexibility index (Phi) is 9.41. The molecule has 126 valence electrons. The summed E-state index contributed by atoms with van der Waals surface area (Å²) >= 11 is 11.3. The molecule has 0 saturated carbocycles. The number of benzene rings is 1. The molecular weight excluding hydrogens is 511 g/mol. The van der Waals surface area contributed by atoms with Gasteiger partial charge in [-0.15, -0.1) is 35.3 Å². The minimum absolute atomic E-state index is 0. The molecule has 1 aromatic heterocycles. The smallest absolute Gasteiger partial charge is 0.191 e. The van der Waals surface area contributed by atoms with Crippen LogP contribution < -0.4 is 10.6 Å². The predicted molar refractivity (Wildman–Crippen MR) is 113 cm³/mol. The van der Waals surface area contributed by atoms with Crippen LogP contribution in [-0.2, 0) is 13.0 Å². The number of nitrogens with zero attached hydrogens (tertiary/aromatic N) is 2. The topological polar surface area (TPSA) is 49.3 Å². The van der Waals surface area contributed by atoms with Crippen LogP contribution in [0.3, 0.4) is 0 Å². The maximum atomic E-state index is 6.21. The highest BCUT2D eigenvalue weighted by Crippen LogP contribution is 2.21. The van der Waals surface area contributed by atoms with Gasteiger partial charge in [0, 0.05) is 41.4 Å². The molecule has 4 nitrogen and oxygen atoms in total. The van der Waals surface area contributed by atoms with Crippen molar-refractivity contribution in [1.29, 1.82) is 0 Å². The van der Waals surface area contributed by atoms with E-state index in [1.54, 1.807) is 18.4 Å². The van der Waals surface area contributed by atoms with Crippen LogP contribution in [0.5, 0.6) is 0 Å². The zero-order chi connectivity index (χ0) is 15.9. The summed E-state index contributed by atoms with van der Waals surface area (Å²) in [5.74, 6) is 0.755. The maximum Gasteiger partial charge on any atom is 0.191 e. The van der Waals surface area contributed by atoms with Gasteiger partial charge in [0.1, 0.15) is 0 Å². The van der Waals surface area contributed by atoms with Crippen LogP contribution in [0.25, 0.3) is 0 Å². The zero-order valence-electron chi connectivity index (χ0n) is 12.9. The standard InChI is InChI=1S/C15H18BrClN4S.HI/c1-10-21-13(9-22-10)5-6-19-15(18-2)20-8-11-3-4-12(16)7-14(11)17;/h3-4,7,9H,5-6,8H2,1-2H3,(H2,18,19,20);1H. The fourth-order valence-corrected chi connectivity index (χ4v) is 3.28. The molecule has 0 fully saturated rings. The van der Waals surface area contributed by atoms with Gasteiger partial charge in [-0.25, -0.2) is 4.98 Å². The molecule has 0 aliphatic heterocycles. The number of aliphatic imine (C=N–C) groups is 1. The molecule has 2 rings (SSSR count). The summed E-state index contributed by atoms with van der Waals surface area (Å²) < 4.78 is 0.974. The minimum atomic E-state index is 0. The second-order valence-corrected chi connectivity index (χ2v) is 7.08. The third-order valence-electron chi connectivity index (χ3n) is 3.03. The molecular formula is C15H19BrClIN4S. The van der Waals surface area contributed by atoms with Crippen LogP contribution in [0, 0.1) is 6.92 Å². The molecule has 0 bridgehead atoms. The summed E-state index contributed by atoms with van der Waals surface area (Å²) in [6.07, 6.45) is 0.879. The number of nitrogens with one attached hydrogen (secondary N) is 2. The molecule has 2 N–H and O–H groups in total. The number of aromatic nitrogens is 1. The predicted octanol–water partition coefficient (Wildman–Crippen LogP) is 4.39. The Labute approximate surface area is 171 Å². The van der Waals surface area contributed by atoms with Crippen molar-refractivity contribution in [3.05, 3.63) is 49.3 Å². The van der Waals surface area contributed by atoms with E-state index in [4.69, 9.17) is 11.6 Å². The highest BCUT2D eigenvalue weighted by Gasteiger charge is 2.04. The Bertz CT molecular complexity index is 663. The summed E-state index contributed by atoms with van der Waals surface area (Å²) in [5.41, 5.74) is 2.14. The summed E-state index contributed by atoms with van der Waals surface area (Å²) in [5, 5.41) is 10.5. The van der Waals surface area contributed by atoms with Crippen molar-refractivity contribution in [2.45, 2.75) is 19.9 Å². The van der Waals surface area contributed by atoms with Crippen LogP contribution in [0.4, 0.5) is 0 Å². The summed E-state index contributed by atoms with van der Waals surface area (Å²) in [7, 11) is 1.76. The monoisotopic (exact) mass is 528 g/mol. The van der Waals surface area contributed by atoms with Gasteiger partial charge in [0.2, 0.25) is 0 Å². The highest BCUT2D eigenvalue weighted by atomic mass is 127. The van der Waals surface area contributed by atoms with Crippen LogP contribution in [-0.4, -0.2) is 24.5 Å². The van der Waals surface area contributed by atoms with Crippen molar-refractivity contribution in [2.24, 2.45) is 4.99 Å². The average molecular weight is 530 g/mol. The van der Waals surface area contributed by atoms with E-state index in [0.717, 1.165) is 44.7 Å². The minimum Gasteiger partial charge on any atom is -0.356 e. The number of hydrogen-bond donors (Lipinski definition) is 2. The third-order valence-corrected chi connectivity index (χ3v) is 4.69. The molecule has 1 heterocycles. The molecule has 0 aliphatic rings. The normalized spacial score (nSPS) is 11.0. The molecule has 0 saturated heterocycles. The summed E-state index contributed by atoms with van der Waals surface area (Å²) in [4.78, 5) is 8.65. The van der Waals surface area contributed by atoms with E-state index >= 15 is 0 Å². The number of hydrogen-bond acceptors (Lipinski definition) is 3.